The molecule has 0 fully saturated rings. The molecule has 0 saturated carbocycles. The van der Waals surface area contributed by atoms with E-state index in [1.165, 1.54) is 28.9 Å². The zero-order chi connectivity index (χ0) is 23.2. The summed E-state index contributed by atoms with van der Waals surface area (Å²) in [6, 6.07) is 18.9. The number of benzene rings is 3. The first-order chi connectivity index (χ1) is 16.0. The monoisotopic (exact) mass is 449 g/mol. The molecule has 0 radical (unpaired) electrons. The minimum absolute atomic E-state index is 0.0661. The standard InChI is InChI=1S/C25H21F2N3O3/c1-32-22-5-3-2-4-18(22)14-28-25(31)24-23(33-16-17-6-8-19(26)9-7-17)15-30(29-24)21-12-10-20(27)11-13-21/h2-13,15H,14,16H2,1H3,(H,28,31). The molecule has 0 aliphatic rings. The summed E-state index contributed by atoms with van der Waals surface area (Å²) in [5.74, 6) is -0.285. The maximum atomic E-state index is 13.3. The van der Waals surface area contributed by atoms with Gasteiger partial charge in [-0.2, -0.15) is 5.10 Å². The van der Waals surface area contributed by atoms with Gasteiger partial charge in [-0.25, -0.2) is 13.5 Å². The molecule has 1 aromatic heterocycles. The summed E-state index contributed by atoms with van der Waals surface area (Å²) in [7, 11) is 1.56. The highest BCUT2D eigenvalue weighted by atomic mass is 19.1. The Balaban J connectivity index is 1.57. The predicted octanol–water partition coefficient (Wildman–Crippen LogP) is 4.67. The smallest absolute Gasteiger partial charge is 0.275 e. The van der Waals surface area contributed by atoms with Crippen molar-refractivity contribution in [1.82, 2.24) is 15.1 Å². The van der Waals surface area contributed by atoms with E-state index in [4.69, 9.17) is 9.47 Å². The molecule has 1 heterocycles. The van der Waals surface area contributed by atoms with E-state index in [2.05, 4.69) is 10.4 Å². The van der Waals surface area contributed by atoms with E-state index in [1.807, 2.05) is 24.3 Å². The van der Waals surface area contributed by atoms with Crippen molar-refractivity contribution in [3.8, 4) is 17.2 Å². The molecule has 0 saturated heterocycles. The van der Waals surface area contributed by atoms with Crippen LogP contribution in [-0.2, 0) is 13.2 Å². The van der Waals surface area contributed by atoms with Crippen molar-refractivity contribution in [2.75, 3.05) is 7.11 Å². The molecule has 1 N–H and O–H groups in total. The summed E-state index contributed by atoms with van der Waals surface area (Å²) in [5.41, 5.74) is 2.16. The van der Waals surface area contributed by atoms with E-state index in [-0.39, 0.29) is 36.2 Å². The first-order valence-electron chi connectivity index (χ1n) is 10.2. The SMILES string of the molecule is COc1ccccc1CNC(=O)c1nn(-c2ccc(F)cc2)cc1OCc1ccc(F)cc1. The average Bonchev–Trinajstić information content (AvgIpc) is 3.27. The van der Waals surface area contributed by atoms with Crippen molar-refractivity contribution < 1.29 is 23.0 Å². The molecule has 0 bridgehead atoms. The number of halogens is 2. The molecule has 0 aliphatic heterocycles. The quantitative estimate of drug-likeness (QED) is 0.425. The van der Waals surface area contributed by atoms with Gasteiger partial charge in [0.1, 0.15) is 24.0 Å². The van der Waals surface area contributed by atoms with E-state index in [1.54, 1.807) is 37.6 Å². The molecule has 3 aromatic carbocycles. The normalized spacial score (nSPS) is 10.6. The van der Waals surface area contributed by atoms with Crippen LogP contribution in [0.25, 0.3) is 5.69 Å². The Morgan fingerprint density at radius 2 is 1.61 bits per heavy atom. The van der Waals surface area contributed by atoms with Gasteiger partial charge in [-0.05, 0) is 48.0 Å². The number of carbonyl (C=O) groups is 1. The van der Waals surface area contributed by atoms with Crippen LogP contribution >= 0.6 is 0 Å². The maximum absolute atomic E-state index is 13.3. The first-order valence-corrected chi connectivity index (χ1v) is 10.2. The van der Waals surface area contributed by atoms with Gasteiger partial charge in [-0.15, -0.1) is 0 Å². The summed E-state index contributed by atoms with van der Waals surface area (Å²) in [4.78, 5) is 13.0. The van der Waals surface area contributed by atoms with Gasteiger partial charge in [0.2, 0.25) is 0 Å². The van der Waals surface area contributed by atoms with Crippen LogP contribution in [-0.4, -0.2) is 22.8 Å². The lowest BCUT2D eigenvalue weighted by Gasteiger charge is -2.10. The van der Waals surface area contributed by atoms with Crippen LogP contribution < -0.4 is 14.8 Å². The number of nitrogens with zero attached hydrogens (tertiary/aromatic N) is 2. The molecule has 4 aromatic rings. The van der Waals surface area contributed by atoms with E-state index >= 15 is 0 Å². The fraction of sp³-hybridized carbons (Fsp3) is 0.120. The van der Waals surface area contributed by atoms with Crippen LogP contribution in [0.4, 0.5) is 8.78 Å². The number of carbonyl (C=O) groups excluding carboxylic acids is 1. The van der Waals surface area contributed by atoms with Crippen LogP contribution in [0.2, 0.25) is 0 Å². The number of ether oxygens (including phenoxy) is 2. The van der Waals surface area contributed by atoms with Crippen molar-refractivity contribution in [1.29, 1.82) is 0 Å². The fourth-order valence-electron chi connectivity index (χ4n) is 3.20. The number of para-hydroxylation sites is 1. The zero-order valence-electron chi connectivity index (χ0n) is 17.8. The maximum Gasteiger partial charge on any atom is 0.275 e. The summed E-state index contributed by atoms with van der Waals surface area (Å²) in [6.07, 6.45) is 1.55. The number of methoxy groups -OCH3 is 1. The Kier molecular flexibility index (Phi) is 6.64. The number of aromatic nitrogens is 2. The minimum atomic E-state index is -0.448. The van der Waals surface area contributed by atoms with E-state index in [0.717, 1.165) is 11.1 Å². The molecular formula is C25H21F2N3O3. The highest BCUT2D eigenvalue weighted by Gasteiger charge is 2.20. The second-order valence-corrected chi connectivity index (χ2v) is 7.17. The number of rotatable bonds is 8. The summed E-state index contributed by atoms with van der Waals surface area (Å²) < 4.78 is 39.1. The lowest BCUT2D eigenvalue weighted by molar-refractivity contribution is 0.0941. The summed E-state index contributed by atoms with van der Waals surface area (Å²) in [5, 5.41) is 7.18. The molecular weight excluding hydrogens is 428 g/mol. The highest BCUT2D eigenvalue weighted by molar-refractivity contribution is 5.95. The van der Waals surface area contributed by atoms with Gasteiger partial charge in [0.15, 0.2) is 11.4 Å². The lowest BCUT2D eigenvalue weighted by Crippen LogP contribution is -2.24. The van der Waals surface area contributed by atoms with E-state index in [9.17, 15) is 13.6 Å². The molecule has 0 atom stereocenters. The third-order valence-corrected chi connectivity index (χ3v) is 4.93. The Bertz CT molecular complexity index is 1240. The van der Waals surface area contributed by atoms with Crippen LogP contribution in [0.15, 0.2) is 79.0 Å². The van der Waals surface area contributed by atoms with Gasteiger partial charge >= 0.3 is 0 Å². The summed E-state index contributed by atoms with van der Waals surface area (Å²) in [6.45, 7) is 0.339. The van der Waals surface area contributed by atoms with Crippen molar-refractivity contribution in [3.05, 3.63) is 107 Å². The molecule has 168 valence electrons. The van der Waals surface area contributed by atoms with Gasteiger partial charge in [-0.1, -0.05) is 30.3 Å². The minimum Gasteiger partial charge on any atom is -0.496 e. The Hall–Kier alpha value is -4.20. The molecule has 0 spiro atoms. The molecule has 8 heteroatoms. The third-order valence-electron chi connectivity index (χ3n) is 4.93. The van der Waals surface area contributed by atoms with Gasteiger partial charge in [0, 0.05) is 12.1 Å². The van der Waals surface area contributed by atoms with Gasteiger partial charge in [0.25, 0.3) is 5.91 Å². The second-order valence-electron chi connectivity index (χ2n) is 7.17. The van der Waals surface area contributed by atoms with Crippen LogP contribution in [0.1, 0.15) is 21.6 Å². The van der Waals surface area contributed by atoms with E-state index < -0.39 is 5.91 Å². The fourth-order valence-corrected chi connectivity index (χ4v) is 3.20. The topological polar surface area (TPSA) is 65.4 Å². The van der Waals surface area contributed by atoms with Crippen molar-refractivity contribution in [2.45, 2.75) is 13.2 Å². The van der Waals surface area contributed by atoms with Gasteiger partial charge in [0.05, 0.1) is 19.0 Å². The first kappa shape index (κ1) is 22.0. The summed E-state index contributed by atoms with van der Waals surface area (Å²) >= 11 is 0. The molecule has 0 aliphatic carbocycles. The second kappa shape index (κ2) is 9.95. The van der Waals surface area contributed by atoms with Crippen LogP contribution in [0.3, 0.4) is 0 Å². The zero-order valence-corrected chi connectivity index (χ0v) is 17.8. The van der Waals surface area contributed by atoms with Crippen molar-refractivity contribution in [3.63, 3.8) is 0 Å². The largest absolute Gasteiger partial charge is 0.496 e. The van der Waals surface area contributed by atoms with Crippen LogP contribution in [0.5, 0.6) is 11.5 Å². The molecule has 0 unspecified atom stereocenters. The predicted molar refractivity (Wildman–Crippen MR) is 118 cm³/mol. The Labute approximate surface area is 189 Å². The van der Waals surface area contributed by atoms with E-state index in [0.29, 0.717) is 11.4 Å². The lowest BCUT2D eigenvalue weighted by atomic mass is 10.2. The molecule has 33 heavy (non-hydrogen) atoms. The number of nitrogens with one attached hydrogen (secondary N) is 1. The number of hydrogen-bond donors (Lipinski definition) is 1. The Morgan fingerprint density at radius 3 is 2.30 bits per heavy atom. The molecule has 1 amide bonds. The molecule has 4 rings (SSSR count). The van der Waals surface area contributed by atoms with Crippen LogP contribution in [0, 0.1) is 11.6 Å². The number of amides is 1. The van der Waals surface area contributed by atoms with Gasteiger partial charge in [-0.3, -0.25) is 4.79 Å². The number of hydrogen-bond acceptors (Lipinski definition) is 4. The highest BCUT2D eigenvalue weighted by Crippen LogP contribution is 2.23. The van der Waals surface area contributed by atoms with Gasteiger partial charge < -0.3 is 14.8 Å². The molecule has 6 nitrogen and oxygen atoms in total. The Morgan fingerprint density at radius 1 is 0.939 bits per heavy atom. The third kappa shape index (κ3) is 5.35. The van der Waals surface area contributed by atoms with Crippen molar-refractivity contribution >= 4 is 5.91 Å². The van der Waals surface area contributed by atoms with Crippen molar-refractivity contribution in [2.24, 2.45) is 0 Å². The average molecular weight is 449 g/mol.